The van der Waals surface area contributed by atoms with Crippen LogP contribution in [0.4, 0.5) is 21.9 Å². The number of hydrogen-bond donors (Lipinski definition) is 4. The molecular weight excluding hydrogens is 370 g/mol. The Balaban J connectivity index is 1.36. The second-order valence-electron chi connectivity index (χ2n) is 5.83. The second-order valence-corrected chi connectivity index (χ2v) is 6.99. The molecule has 2 amide bonds. The molecule has 132 valence electrons. The number of amides is 2. The Kier molecular flexibility index (Phi) is 4.64. The Morgan fingerprint density at radius 3 is 2.88 bits per heavy atom. The van der Waals surface area contributed by atoms with E-state index < -0.39 is 0 Å². The molecule has 8 heteroatoms. The van der Waals surface area contributed by atoms with E-state index in [9.17, 15) is 4.79 Å². The van der Waals surface area contributed by atoms with Gasteiger partial charge >= 0.3 is 6.03 Å². The maximum Gasteiger partial charge on any atom is 0.319 e. The highest BCUT2D eigenvalue weighted by Gasteiger charge is 2.22. The van der Waals surface area contributed by atoms with Crippen molar-refractivity contribution in [2.24, 2.45) is 0 Å². The van der Waals surface area contributed by atoms with Gasteiger partial charge in [-0.2, -0.15) is 0 Å². The van der Waals surface area contributed by atoms with Crippen LogP contribution in [-0.4, -0.2) is 11.0 Å². The molecule has 1 unspecified atom stereocenters. The molecule has 4 N–H and O–H groups in total. The lowest BCUT2D eigenvalue weighted by Crippen LogP contribution is -2.28. The largest absolute Gasteiger partial charge is 0.359 e. The van der Waals surface area contributed by atoms with Crippen LogP contribution in [0.5, 0.6) is 0 Å². The summed E-state index contributed by atoms with van der Waals surface area (Å²) in [7, 11) is 0. The summed E-state index contributed by atoms with van der Waals surface area (Å²) in [4.78, 5) is 16.4. The quantitative estimate of drug-likeness (QED) is 0.527. The number of halogens is 1. The van der Waals surface area contributed by atoms with Crippen molar-refractivity contribution >= 4 is 46.0 Å². The Labute approximate surface area is 159 Å². The lowest BCUT2D eigenvalue weighted by molar-refractivity contribution is 0.251. The Morgan fingerprint density at radius 1 is 1.19 bits per heavy atom. The molecule has 0 bridgehead atoms. The van der Waals surface area contributed by atoms with Crippen LogP contribution in [0.25, 0.3) is 0 Å². The average Bonchev–Trinajstić information content (AvgIpc) is 3.29. The molecule has 2 aromatic carbocycles. The molecule has 0 radical (unpaired) electrons. The number of benzene rings is 2. The average molecular weight is 386 g/mol. The van der Waals surface area contributed by atoms with Crippen LogP contribution in [0.3, 0.4) is 0 Å². The van der Waals surface area contributed by atoms with Crippen molar-refractivity contribution in [1.82, 2.24) is 10.3 Å². The van der Waals surface area contributed by atoms with Crippen LogP contribution in [0.15, 0.2) is 53.4 Å². The van der Waals surface area contributed by atoms with Gasteiger partial charge in [0, 0.05) is 22.6 Å². The van der Waals surface area contributed by atoms with Crippen molar-refractivity contribution in [3.05, 3.63) is 69.6 Å². The summed E-state index contributed by atoms with van der Waals surface area (Å²) in [6, 6.07) is 12.8. The van der Waals surface area contributed by atoms with Crippen LogP contribution >= 0.6 is 22.9 Å². The van der Waals surface area contributed by atoms with Crippen LogP contribution in [0.2, 0.25) is 5.02 Å². The number of rotatable bonds is 4. The van der Waals surface area contributed by atoms with Crippen molar-refractivity contribution < 1.29 is 4.79 Å². The number of carbonyl (C=O) groups is 1. The summed E-state index contributed by atoms with van der Waals surface area (Å²) < 4.78 is 0. The minimum Gasteiger partial charge on any atom is -0.359 e. The van der Waals surface area contributed by atoms with Crippen molar-refractivity contribution in [1.29, 1.82) is 0 Å². The van der Waals surface area contributed by atoms with Gasteiger partial charge in [0.1, 0.15) is 6.17 Å². The normalized spacial score (nSPS) is 14.9. The lowest BCUT2D eigenvalue weighted by atomic mass is 10.2. The topological polar surface area (TPSA) is 78.1 Å². The zero-order valence-electron chi connectivity index (χ0n) is 13.6. The minimum atomic E-state index is -0.271. The molecule has 0 fully saturated rings. The predicted molar refractivity (Wildman–Crippen MR) is 106 cm³/mol. The van der Waals surface area contributed by atoms with Crippen molar-refractivity contribution in [2.45, 2.75) is 12.7 Å². The fourth-order valence-corrected chi connectivity index (χ4v) is 3.52. The summed E-state index contributed by atoms with van der Waals surface area (Å²) in [6.45, 7) is 0.406. The zero-order valence-corrected chi connectivity index (χ0v) is 15.2. The van der Waals surface area contributed by atoms with Crippen LogP contribution in [0, 0.1) is 0 Å². The molecule has 6 nitrogen and oxygen atoms in total. The second kappa shape index (κ2) is 7.23. The van der Waals surface area contributed by atoms with Gasteiger partial charge < -0.3 is 21.3 Å². The molecule has 4 rings (SSSR count). The number of nitrogens with one attached hydrogen (secondary N) is 4. The maximum atomic E-state index is 12.1. The maximum absolute atomic E-state index is 12.1. The first kappa shape index (κ1) is 16.7. The van der Waals surface area contributed by atoms with E-state index in [-0.39, 0.29) is 12.2 Å². The number of anilines is 3. The van der Waals surface area contributed by atoms with E-state index in [1.54, 1.807) is 22.9 Å². The molecular formula is C18H16ClN5OS. The van der Waals surface area contributed by atoms with Gasteiger partial charge in [0.05, 0.1) is 22.6 Å². The monoisotopic (exact) mass is 385 g/mol. The van der Waals surface area contributed by atoms with Crippen molar-refractivity contribution in [3.63, 3.8) is 0 Å². The molecule has 1 aliphatic heterocycles. The Hall–Kier alpha value is -2.77. The van der Waals surface area contributed by atoms with Crippen LogP contribution in [0.1, 0.15) is 17.4 Å². The minimum absolute atomic E-state index is 0.0526. The first-order valence-corrected chi connectivity index (χ1v) is 9.34. The standard InChI is InChI=1S/C18H16ClN5OS/c19-12-3-1-2-11(6-12)8-20-18(25)22-13-4-5-14-15(7-13)24-17(23-14)16-9-26-10-21-16/h1-7,9-10,17,23-24H,8H2,(H2,20,22,25). The number of carbonyl (C=O) groups excluding carboxylic acids is 1. The van der Waals surface area contributed by atoms with Crippen LogP contribution < -0.4 is 21.3 Å². The zero-order chi connectivity index (χ0) is 17.9. The number of nitrogens with zero attached hydrogens (tertiary/aromatic N) is 1. The summed E-state index contributed by atoms with van der Waals surface area (Å²) in [6.07, 6.45) is -0.0526. The molecule has 3 aromatic rings. The van der Waals surface area contributed by atoms with E-state index in [2.05, 4.69) is 26.3 Å². The Bertz CT molecular complexity index is 931. The molecule has 0 aliphatic carbocycles. The first-order valence-electron chi connectivity index (χ1n) is 8.02. The fourth-order valence-electron chi connectivity index (χ4n) is 2.73. The van der Waals surface area contributed by atoms with Crippen molar-refractivity contribution in [2.75, 3.05) is 16.0 Å². The molecule has 26 heavy (non-hydrogen) atoms. The van der Waals surface area contributed by atoms with Gasteiger partial charge in [-0.25, -0.2) is 9.78 Å². The lowest BCUT2D eigenvalue weighted by Gasteiger charge is -2.09. The number of thiazole rings is 1. The SMILES string of the molecule is O=C(NCc1cccc(Cl)c1)Nc1ccc2c(c1)NC(c1cscn1)N2. The van der Waals surface area contributed by atoms with Gasteiger partial charge in [0.25, 0.3) is 0 Å². The molecule has 1 atom stereocenters. The third kappa shape index (κ3) is 3.74. The molecule has 0 saturated carbocycles. The van der Waals surface area contributed by atoms with Gasteiger partial charge in [-0.05, 0) is 35.9 Å². The fraction of sp³-hybridized carbons (Fsp3) is 0.111. The van der Waals surface area contributed by atoms with E-state index in [4.69, 9.17) is 11.6 Å². The van der Waals surface area contributed by atoms with Crippen molar-refractivity contribution in [3.8, 4) is 0 Å². The molecule has 2 heterocycles. The molecule has 0 spiro atoms. The highest BCUT2D eigenvalue weighted by Crippen LogP contribution is 2.36. The van der Waals surface area contributed by atoms with E-state index in [1.165, 1.54) is 0 Å². The van der Waals surface area contributed by atoms with Gasteiger partial charge in [-0.1, -0.05) is 23.7 Å². The highest BCUT2D eigenvalue weighted by atomic mass is 35.5. The van der Waals surface area contributed by atoms with Gasteiger partial charge in [0.2, 0.25) is 0 Å². The third-order valence-electron chi connectivity index (χ3n) is 3.97. The third-order valence-corrected chi connectivity index (χ3v) is 4.81. The molecule has 0 saturated heterocycles. The number of fused-ring (bicyclic) bond motifs is 1. The van der Waals surface area contributed by atoms with E-state index >= 15 is 0 Å². The summed E-state index contributed by atoms with van der Waals surface area (Å²) >= 11 is 7.50. The summed E-state index contributed by atoms with van der Waals surface area (Å²) in [5.74, 6) is 0. The first-order chi connectivity index (χ1) is 12.7. The molecule has 1 aliphatic rings. The van der Waals surface area contributed by atoms with E-state index in [0.29, 0.717) is 17.3 Å². The van der Waals surface area contributed by atoms with E-state index in [0.717, 1.165) is 22.6 Å². The Morgan fingerprint density at radius 2 is 2.08 bits per heavy atom. The van der Waals surface area contributed by atoms with Crippen LogP contribution in [-0.2, 0) is 6.54 Å². The van der Waals surface area contributed by atoms with E-state index in [1.807, 2.05) is 41.8 Å². The van der Waals surface area contributed by atoms with Gasteiger partial charge in [-0.3, -0.25) is 0 Å². The number of urea groups is 1. The number of hydrogen-bond acceptors (Lipinski definition) is 5. The smallest absolute Gasteiger partial charge is 0.319 e. The predicted octanol–water partition coefficient (Wildman–Crippen LogP) is 4.65. The number of aromatic nitrogens is 1. The summed E-state index contributed by atoms with van der Waals surface area (Å²) in [5.41, 5.74) is 6.31. The molecule has 1 aromatic heterocycles. The van der Waals surface area contributed by atoms with Gasteiger partial charge in [0.15, 0.2) is 0 Å². The summed E-state index contributed by atoms with van der Waals surface area (Å²) in [5, 5.41) is 15.0. The highest BCUT2D eigenvalue weighted by molar-refractivity contribution is 7.07. The van der Waals surface area contributed by atoms with Gasteiger partial charge in [-0.15, -0.1) is 11.3 Å².